The number of carbonyl (C=O) groups excluding carboxylic acids is 1. The van der Waals surface area contributed by atoms with Crippen molar-refractivity contribution < 1.29 is 15.0 Å². The van der Waals surface area contributed by atoms with E-state index in [1.165, 1.54) is 0 Å². The molecule has 3 heteroatoms. The Hall–Kier alpha value is -0.410. The Labute approximate surface area is 66.0 Å². The predicted molar refractivity (Wildman–Crippen MR) is 40.0 cm³/mol. The number of Topliss-reactive ketones (excluding diaryl/α,β-unsaturated/α-hetero) is 1. The maximum Gasteiger partial charge on any atom is 0.189 e. The molecule has 1 aliphatic rings. The molecule has 0 saturated heterocycles. The van der Waals surface area contributed by atoms with Crippen LogP contribution in [0.1, 0.15) is 20.3 Å². The third kappa shape index (κ3) is 1.44. The first-order valence-corrected chi connectivity index (χ1v) is 3.94. The standard InChI is InChI=1S/C8H14O3/c1-4-3-6(9)8(11)7(10)5(4)2/h4-7,9-10H,3H2,1-2H3. The van der Waals surface area contributed by atoms with Gasteiger partial charge in [0.2, 0.25) is 0 Å². The molecule has 3 nitrogen and oxygen atoms in total. The molecule has 4 atom stereocenters. The van der Waals surface area contributed by atoms with E-state index in [0.717, 1.165) is 0 Å². The number of hydrogen-bond acceptors (Lipinski definition) is 3. The van der Waals surface area contributed by atoms with E-state index in [9.17, 15) is 9.90 Å². The number of hydrogen-bond donors (Lipinski definition) is 2. The zero-order chi connectivity index (χ0) is 8.59. The molecule has 4 unspecified atom stereocenters. The molecule has 1 fully saturated rings. The van der Waals surface area contributed by atoms with E-state index in [4.69, 9.17) is 5.11 Å². The van der Waals surface area contributed by atoms with Crippen molar-refractivity contribution in [3.8, 4) is 0 Å². The van der Waals surface area contributed by atoms with Gasteiger partial charge in [-0.15, -0.1) is 0 Å². The van der Waals surface area contributed by atoms with Crippen LogP contribution in [-0.4, -0.2) is 28.2 Å². The molecule has 64 valence electrons. The van der Waals surface area contributed by atoms with Crippen molar-refractivity contribution in [2.75, 3.05) is 0 Å². The van der Waals surface area contributed by atoms with E-state index in [-0.39, 0.29) is 11.8 Å². The fraction of sp³-hybridized carbons (Fsp3) is 0.875. The normalized spacial score (nSPS) is 46.0. The molecule has 0 heterocycles. The minimum absolute atomic E-state index is 0.0223. The Morgan fingerprint density at radius 1 is 1.36 bits per heavy atom. The van der Waals surface area contributed by atoms with E-state index in [2.05, 4.69) is 0 Å². The quantitative estimate of drug-likeness (QED) is 0.520. The molecule has 1 saturated carbocycles. The molecule has 0 aliphatic heterocycles. The van der Waals surface area contributed by atoms with Crippen molar-refractivity contribution in [2.45, 2.75) is 32.5 Å². The van der Waals surface area contributed by atoms with Crippen LogP contribution in [0.15, 0.2) is 0 Å². The minimum Gasteiger partial charge on any atom is -0.385 e. The van der Waals surface area contributed by atoms with Crippen molar-refractivity contribution >= 4 is 5.78 Å². The van der Waals surface area contributed by atoms with Crippen molar-refractivity contribution in [1.29, 1.82) is 0 Å². The lowest BCUT2D eigenvalue weighted by atomic mass is 9.77. The van der Waals surface area contributed by atoms with Gasteiger partial charge in [0.1, 0.15) is 12.2 Å². The van der Waals surface area contributed by atoms with Gasteiger partial charge in [-0.2, -0.15) is 0 Å². The van der Waals surface area contributed by atoms with Gasteiger partial charge in [-0.3, -0.25) is 4.79 Å². The average Bonchev–Trinajstić information content (AvgIpc) is 1.97. The minimum atomic E-state index is -0.964. The van der Waals surface area contributed by atoms with E-state index in [1.807, 2.05) is 13.8 Å². The largest absolute Gasteiger partial charge is 0.385 e. The maximum atomic E-state index is 11.0. The highest BCUT2D eigenvalue weighted by molar-refractivity contribution is 5.87. The molecule has 0 bridgehead atoms. The highest BCUT2D eigenvalue weighted by Gasteiger charge is 2.37. The number of rotatable bonds is 0. The van der Waals surface area contributed by atoms with Gasteiger partial charge in [0.25, 0.3) is 0 Å². The molecule has 0 aromatic heterocycles. The second-order valence-corrected chi connectivity index (χ2v) is 3.44. The molecule has 0 amide bonds. The topological polar surface area (TPSA) is 57.5 Å². The summed E-state index contributed by atoms with van der Waals surface area (Å²) in [6.07, 6.45) is -1.43. The van der Waals surface area contributed by atoms with Crippen LogP contribution in [0.4, 0.5) is 0 Å². The molecule has 2 N–H and O–H groups in total. The van der Waals surface area contributed by atoms with Gasteiger partial charge in [0.05, 0.1) is 0 Å². The van der Waals surface area contributed by atoms with E-state index >= 15 is 0 Å². The fourth-order valence-electron chi connectivity index (χ4n) is 1.45. The first-order valence-electron chi connectivity index (χ1n) is 3.94. The third-order valence-corrected chi connectivity index (χ3v) is 2.61. The van der Waals surface area contributed by atoms with Crippen LogP contribution < -0.4 is 0 Å². The Bertz CT molecular complexity index is 167. The first-order chi connectivity index (χ1) is 5.04. The first kappa shape index (κ1) is 8.68. The molecule has 0 aromatic rings. The molecule has 0 radical (unpaired) electrons. The maximum absolute atomic E-state index is 11.0. The summed E-state index contributed by atoms with van der Waals surface area (Å²) in [5.74, 6) is -0.223. The summed E-state index contributed by atoms with van der Waals surface area (Å²) in [7, 11) is 0. The van der Waals surface area contributed by atoms with Gasteiger partial charge in [-0.05, 0) is 18.3 Å². The molecule has 1 aliphatic carbocycles. The van der Waals surface area contributed by atoms with Crippen LogP contribution in [0.5, 0.6) is 0 Å². The summed E-state index contributed by atoms with van der Waals surface area (Å²) in [5.41, 5.74) is 0. The monoisotopic (exact) mass is 158 g/mol. The lowest BCUT2D eigenvalue weighted by Crippen LogP contribution is -2.45. The summed E-state index contributed by atoms with van der Waals surface area (Å²) in [5, 5.41) is 18.4. The Kier molecular flexibility index (Phi) is 2.30. The van der Waals surface area contributed by atoms with Gasteiger partial charge >= 0.3 is 0 Å². The average molecular weight is 158 g/mol. The number of aliphatic hydroxyl groups excluding tert-OH is 2. The summed E-state index contributed by atoms with van der Waals surface area (Å²) in [6.45, 7) is 3.77. The zero-order valence-corrected chi connectivity index (χ0v) is 6.82. The van der Waals surface area contributed by atoms with Crippen LogP contribution in [0.2, 0.25) is 0 Å². The van der Waals surface area contributed by atoms with E-state index in [0.29, 0.717) is 6.42 Å². The molecule has 0 aromatic carbocycles. The van der Waals surface area contributed by atoms with Crippen LogP contribution in [-0.2, 0) is 4.79 Å². The predicted octanol–water partition coefficient (Wildman–Crippen LogP) is -0.0468. The third-order valence-electron chi connectivity index (χ3n) is 2.61. The molecular formula is C8H14O3. The molecule has 11 heavy (non-hydrogen) atoms. The second-order valence-electron chi connectivity index (χ2n) is 3.44. The Balaban J connectivity index is 2.70. The van der Waals surface area contributed by atoms with Crippen molar-refractivity contribution in [3.05, 3.63) is 0 Å². The van der Waals surface area contributed by atoms with Gasteiger partial charge in [0, 0.05) is 0 Å². The Morgan fingerprint density at radius 3 is 2.45 bits per heavy atom. The Morgan fingerprint density at radius 2 is 1.91 bits per heavy atom. The summed E-state index contributed by atoms with van der Waals surface area (Å²) in [4.78, 5) is 11.0. The van der Waals surface area contributed by atoms with Crippen molar-refractivity contribution in [3.63, 3.8) is 0 Å². The molecule has 1 rings (SSSR count). The SMILES string of the molecule is CC1CC(O)C(=O)C(O)C1C. The lowest BCUT2D eigenvalue weighted by Gasteiger charge is -2.32. The van der Waals surface area contributed by atoms with E-state index < -0.39 is 18.0 Å². The molecule has 0 spiro atoms. The second kappa shape index (κ2) is 2.91. The highest BCUT2D eigenvalue weighted by atomic mass is 16.3. The van der Waals surface area contributed by atoms with Crippen LogP contribution in [0, 0.1) is 11.8 Å². The summed E-state index contributed by atoms with van der Waals surface area (Å²) < 4.78 is 0. The number of aliphatic hydroxyl groups is 2. The lowest BCUT2D eigenvalue weighted by molar-refractivity contribution is -0.145. The summed E-state index contributed by atoms with van der Waals surface area (Å²) >= 11 is 0. The smallest absolute Gasteiger partial charge is 0.189 e. The number of carbonyl (C=O) groups is 1. The van der Waals surface area contributed by atoms with Gasteiger partial charge < -0.3 is 10.2 Å². The summed E-state index contributed by atoms with van der Waals surface area (Å²) in [6, 6.07) is 0. The van der Waals surface area contributed by atoms with E-state index in [1.54, 1.807) is 0 Å². The van der Waals surface area contributed by atoms with Crippen molar-refractivity contribution in [2.24, 2.45) is 11.8 Å². The highest BCUT2D eigenvalue weighted by Crippen LogP contribution is 2.27. The molecular weight excluding hydrogens is 144 g/mol. The zero-order valence-electron chi connectivity index (χ0n) is 6.82. The van der Waals surface area contributed by atoms with Gasteiger partial charge in [-0.25, -0.2) is 0 Å². The van der Waals surface area contributed by atoms with Crippen LogP contribution in [0.25, 0.3) is 0 Å². The van der Waals surface area contributed by atoms with Gasteiger partial charge in [0.15, 0.2) is 5.78 Å². The van der Waals surface area contributed by atoms with Crippen molar-refractivity contribution in [1.82, 2.24) is 0 Å². The van der Waals surface area contributed by atoms with Crippen LogP contribution >= 0.6 is 0 Å². The van der Waals surface area contributed by atoms with Crippen LogP contribution in [0.3, 0.4) is 0 Å². The number of ketones is 1. The van der Waals surface area contributed by atoms with Gasteiger partial charge in [-0.1, -0.05) is 13.8 Å². The fourth-order valence-corrected chi connectivity index (χ4v) is 1.45.